The van der Waals surface area contributed by atoms with Crippen molar-refractivity contribution in [2.24, 2.45) is 14.1 Å². The van der Waals surface area contributed by atoms with Crippen LogP contribution in [-0.4, -0.2) is 28.4 Å². The van der Waals surface area contributed by atoms with Gasteiger partial charge in [0.15, 0.2) is 4.90 Å². The van der Waals surface area contributed by atoms with E-state index in [9.17, 15) is 18.0 Å². The lowest BCUT2D eigenvalue weighted by molar-refractivity contribution is 0.423. The van der Waals surface area contributed by atoms with Crippen molar-refractivity contribution in [3.63, 3.8) is 0 Å². The van der Waals surface area contributed by atoms with Crippen molar-refractivity contribution < 1.29 is 8.42 Å². The van der Waals surface area contributed by atoms with Crippen LogP contribution in [0.5, 0.6) is 0 Å². The molecule has 0 N–H and O–H groups in total. The molecular formula is C13H16ClN3O4S2. The van der Waals surface area contributed by atoms with Crippen molar-refractivity contribution in [1.29, 1.82) is 0 Å². The molecule has 0 unspecified atom stereocenters. The van der Waals surface area contributed by atoms with E-state index in [-0.39, 0.29) is 13.1 Å². The molecule has 0 aliphatic heterocycles. The van der Waals surface area contributed by atoms with Gasteiger partial charge in [-0.3, -0.25) is 9.36 Å². The van der Waals surface area contributed by atoms with Crippen molar-refractivity contribution in [3.8, 4) is 0 Å². The Morgan fingerprint density at radius 1 is 1.26 bits per heavy atom. The van der Waals surface area contributed by atoms with E-state index in [0.717, 1.165) is 20.2 Å². The molecule has 0 bridgehead atoms. The Hall–Kier alpha value is -1.42. The van der Waals surface area contributed by atoms with E-state index in [4.69, 9.17) is 11.6 Å². The zero-order valence-corrected chi connectivity index (χ0v) is 15.2. The Morgan fingerprint density at radius 3 is 2.43 bits per heavy atom. The fourth-order valence-electron chi connectivity index (χ4n) is 2.07. The number of sulfonamides is 1. The van der Waals surface area contributed by atoms with Gasteiger partial charge < -0.3 is 4.57 Å². The average Bonchev–Trinajstić information content (AvgIpc) is 2.91. The molecule has 0 atom stereocenters. The minimum Gasteiger partial charge on any atom is -0.302 e. The third-order valence-corrected chi connectivity index (χ3v) is 6.47. The van der Waals surface area contributed by atoms with Gasteiger partial charge in [-0.25, -0.2) is 13.2 Å². The fourth-order valence-corrected chi connectivity index (χ4v) is 4.83. The molecule has 2 aromatic rings. The number of aryl methyl sites for hydroxylation is 1. The van der Waals surface area contributed by atoms with Gasteiger partial charge in [-0.1, -0.05) is 18.5 Å². The number of thiophene rings is 1. The summed E-state index contributed by atoms with van der Waals surface area (Å²) >= 11 is 7.14. The first kappa shape index (κ1) is 17.9. The van der Waals surface area contributed by atoms with Gasteiger partial charge in [0.1, 0.15) is 0 Å². The molecule has 0 radical (unpaired) electrons. The molecule has 0 spiro atoms. The second-order valence-electron chi connectivity index (χ2n) is 4.89. The number of hydrogen-bond donors (Lipinski definition) is 0. The van der Waals surface area contributed by atoms with E-state index in [1.54, 1.807) is 19.1 Å². The highest BCUT2D eigenvalue weighted by atomic mass is 35.5. The van der Waals surface area contributed by atoms with Crippen LogP contribution < -0.4 is 11.2 Å². The zero-order valence-electron chi connectivity index (χ0n) is 12.8. The van der Waals surface area contributed by atoms with Crippen LogP contribution in [0.3, 0.4) is 0 Å². The number of hydrogen-bond acceptors (Lipinski definition) is 5. The molecule has 0 aliphatic carbocycles. The summed E-state index contributed by atoms with van der Waals surface area (Å²) < 4.78 is 29.2. The highest BCUT2D eigenvalue weighted by Crippen LogP contribution is 2.24. The van der Waals surface area contributed by atoms with Crippen molar-refractivity contribution in [2.45, 2.75) is 18.4 Å². The first-order valence-corrected chi connectivity index (χ1v) is 9.33. The molecule has 2 heterocycles. The summed E-state index contributed by atoms with van der Waals surface area (Å²) in [6.45, 7) is 1.98. The summed E-state index contributed by atoms with van der Waals surface area (Å²) in [6, 6.07) is 3.43. The normalized spacial score (nSPS) is 12.0. The number of aromatic nitrogens is 2. The van der Waals surface area contributed by atoms with Crippen LogP contribution in [-0.2, 0) is 30.7 Å². The monoisotopic (exact) mass is 377 g/mol. The summed E-state index contributed by atoms with van der Waals surface area (Å²) in [4.78, 5) is 24.2. The van der Waals surface area contributed by atoms with Gasteiger partial charge in [0.25, 0.3) is 5.56 Å². The third kappa shape index (κ3) is 3.42. The maximum absolute atomic E-state index is 12.8. The average molecular weight is 378 g/mol. The van der Waals surface area contributed by atoms with Gasteiger partial charge in [-0.2, -0.15) is 4.31 Å². The van der Waals surface area contributed by atoms with Gasteiger partial charge in [0.2, 0.25) is 10.0 Å². The molecule has 0 amide bonds. The summed E-state index contributed by atoms with van der Waals surface area (Å²) in [5.41, 5.74) is -1.42. The van der Waals surface area contributed by atoms with Crippen molar-refractivity contribution in [3.05, 3.63) is 48.4 Å². The molecule has 0 aliphatic rings. The third-order valence-electron chi connectivity index (χ3n) is 3.35. The first-order chi connectivity index (χ1) is 10.7. The van der Waals surface area contributed by atoms with E-state index < -0.39 is 26.2 Å². The minimum atomic E-state index is -4.03. The molecule has 2 rings (SSSR count). The zero-order chi connectivity index (χ0) is 17.4. The summed E-state index contributed by atoms with van der Waals surface area (Å²) in [5, 5.41) is 0. The molecule has 10 heteroatoms. The maximum atomic E-state index is 12.8. The smallest absolute Gasteiger partial charge is 0.302 e. The number of halogens is 1. The van der Waals surface area contributed by atoms with Gasteiger partial charge in [0.05, 0.1) is 4.34 Å². The molecule has 0 aromatic carbocycles. The van der Waals surface area contributed by atoms with E-state index in [0.29, 0.717) is 4.34 Å². The van der Waals surface area contributed by atoms with Crippen LogP contribution in [0.15, 0.2) is 32.8 Å². The standard InChI is InChI=1S/C13H16ClN3O4S2/c1-4-17(7-9-5-6-11(14)22-9)23(20,21)10-8-15(2)13(19)16(3)12(10)18/h5-6,8H,4,7H2,1-3H3. The minimum absolute atomic E-state index is 0.113. The SMILES string of the molecule is CCN(Cc1ccc(Cl)s1)S(=O)(=O)c1cn(C)c(=O)n(C)c1=O. The van der Waals surface area contributed by atoms with Crippen LogP contribution in [0.2, 0.25) is 4.34 Å². The molecular weight excluding hydrogens is 362 g/mol. The highest BCUT2D eigenvalue weighted by molar-refractivity contribution is 7.89. The van der Waals surface area contributed by atoms with Gasteiger partial charge in [0, 0.05) is 38.3 Å². The van der Waals surface area contributed by atoms with Crippen LogP contribution in [0.1, 0.15) is 11.8 Å². The lowest BCUT2D eigenvalue weighted by Gasteiger charge is -2.20. The molecule has 23 heavy (non-hydrogen) atoms. The van der Waals surface area contributed by atoms with Crippen LogP contribution in [0.4, 0.5) is 0 Å². The Morgan fingerprint density at radius 2 is 1.91 bits per heavy atom. The lowest BCUT2D eigenvalue weighted by atomic mass is 10.4. The second-order valence-corrected chi connectivity index (χ2v) is 8.59. The molecule has 0 saturated carbocycles. The van der Waals surface area contributed by atoms with Gasteiger partial charge in [-0.05, 0) is 12.1 Å². The summed E-state index contributed by atoms with van der Waals surface area (Å²) in [7, 11) is -1.38. The lowest BCUT2D eigenvalue weighted by Crippen LogP contribution is -2.42. The molecule has 7 nitrogen and oxygen atoms in total. The second kappa shape index (κ2) is 6.60. The number of nitrogens with zero attached hydrogens (tertiary/aromatic N) is 3. The molecule has 2 aromatic heterocycles. The van der Waals surface area contributed by atoms with Crippen LogP contribution in [0, 0.1) is 0 Å². The predicted molar refractivity (Wildman–Crippen MR) is 89.5 cm³/mol. The molecule has 126 valence electrons. The van der Waals surface area contributed by atoms with Crippen molar-refractivity contribution in [1.82, 2.24) is 13.4 Å². The van der Waals surface area contributed by atoms with Crippen molar-refractivity contribution >= 4 is 33.0 Å². The Kier molecular flexibility index (Phi) is 5.14. The van der Waals surface area contributed by atoms with E-state index in [2.05, 4.69) is 0 Å². The topological polar surface area (TPSA) is 81.4 Å². The largest absolute Gasteiger partial charge is 0.330 e. The fraction of sp³-hybridized carbons (Fsp3) is 0.385. The van der Waals surface area contributed by atoms with Gasteiger partial charge in [-0.15, -0.1) is 11.3 Å². The Bertz CT molecular complexity index is 943. The van der Waals surface area contributed by atoms with Crippen molar-refractivity contribution in [2.75, 3.05) is 6.54 Å². The Labute approximate surface area is 142 Å². The highest BCUT2D eigenvalue weighted by Gasteiger charge is 2.28. The van der Waals surface area contributed by atoms with E-state index in [1.807, 2.05) is 0 Å². The summed E-state index contributed by atoms with van der Waals surface area (Å²) in [6.07, 6.45) is 1.06. The molecule has 0 saturated heterocycles. The molecule has 0 fully saturated rings. The maximum Gasteiger partial charge on any atom is 0.330 e. The first-order valence-electron chi connectivity index (χ1n) is 6.69. The van der Waals surface area contributed by atoms with Gasteiger partial charge >= 0.3 is 5.69 Å². The quantitative estimate of drug-likeness (QED) is 0.778. The predicted octanol–water partition coefficient (Wildman–Crippen LogP) is 1.01. The van der Waals surface area contributed by atoms with E-state index in [1.165, 1.54) is 29.7 Å². The van der Waals surface area contributed by atoms with E-state index >= 15 is 0 Å². The number of rotatable bonds is 5. The van der Waals surface area contributed by atoms with Crippen LogP contribution >= 0.6 is 22.9 Å². The Balaban J connectivity index is 2.52. The summed E-state index contributed by atoms with van der Waals surface area (Å²) in [5.74, 6) is 0. The van der Waals surface area contributed by atoms with Crippen LogP contribution in [0.25, 0.3) is 0 Å².